The lowest BCUT2D eigenvalue weighted by molar-refractivity contribution is -0.152. The lowest BCUT2D eigenvalue weighted by Crippen LogP contribution is -2.84. The topological polar surface area (TPSA) is 82.7 Å². The predicted octanol–water partition coefficient (Wildman–Crippen LogP) is 1.61. The second kappa shape index (κ2) is 7.58. The third-order valence-electron chi connectivity index (χ3n) is 6.01. The Hall–Kier alpha value is -2.04. The lowest BCUT2D eigenvalue weighted by Gasteiger charge is -2.70. The van der Waals surface area contributed by atoms with Gasteiger partial charge in [0.15, 0.2) is 6.61 Å². The summed E-state index contributed by atoms with van der Waals surface area (Å²) in [6, 6.07) is 2.24. The average Bonchev–Trinajstić information content (AvgIpc) is 3.02. The van der Waals surface area contributed by atoms with Crippen LogP contribution < -0.4 is 20.8 Å². The second-order valence-electron chi connectivity index (χ2n) is 8.43. The highest BCUT2D eigenvalue weighted by Gasteiger charge is 2.69. The van der Waals surface area contributed by atoms with Gasteiger partial charge in [-0.05, 0) is 37.8 Å². The molecule has 3 saturated carbocycles. The number of rotatable bonds is 7. The summed E-state index contributed by atoms with van der Waals surface area (Å²) >= 11 is 5.60. The second-order valence-corrected chi connectivity index (χ2v) is 8.83. The van der Waals surface area contributed by atoms with Crippen molar-refractivity contribution < 1.29 is 27.5 Å². The van der Waals surface area contributed by atoms with Gasteiger partial charge >= 0.3 is 0 Å². The van der Waals surface area contributed by atoms with Crippen LogP contribution in [0.4, 0.5) is 13.2 Å². The highest BCUT2D eigenvalue weighted by molar-refractivity contribution is 6.30. The molecule has 2 amide bonds. The molecule has 0 aromatic heterocycles. The molecule has 7 nitrogen and oxygen atoms in total. The molecule has 164 valence electrons. The SMILES string of the molecule is CN1NC(C(F)F)CC1C(=O)NC12CC(NC(=O)COc3ccc(Cl)c(F)c3)(C1)C2. The van der Waals surface area contributed by atoms with Crippen molar-refractivity contribution in [1.82, 2.24) is 21.1 Å². The molecule has 1 aromatic carbocycles. The van der Waals surface area contributed by atoms with Crippen LogP contribution in [-0.2, 0) is 9.59 Å². The van der Waals surface area contributed by atoms with Crippen molar-refractivity contribution in [3.63, 3.8) is 0 Å². The van der Waals surface area contributed by atoms with Crippen LogP contribution in [0.5, 0.6) is 5.75 Å². The molecule has 2 unspecified atom stereocenters. The molecule has 2 atom stereocenters. The number of amides is 2. The van der Waals surface area contributed by atoms with E-state index in [4.69, 9.17) is 16.3 Å². The zero-order valence-corrected chi connectivity index (χ0v) is 16.9. The number of alkyl halides is 2. The van der Waals surface area contributed by atoms with Crippen molar-refractivity contribution in [1.29, 1.82) is 0 Å². The molecule has 1 saturated heterocycles. The Balaban J connectivity index is 1.21. The van der Waals surface area contributed by atoms with Gasteiger partial charge in [0.2, 0.25) is 5.91 Å². The first-order chi connectivity index (χ1) is 14.1. The van der Waals surface area contributed by atoms with E-state index in [1.54, 1.807) is 7.05 Å². The van der Waals surface area contributed by atoms with Gasteiger partial charge in [-0.25, -0.2) is 23.6 Å². The maximum absolute atomic E-state index is 13.4. The fourth-order valence-corrected chi connectivity index (χ4v) is 4.81. The highest BCUT2D eigenvalue weighted by Crippen LogP contribution is 2.60. The molecule has 5 rings (SSSR count). The molecule has 30 heavy (non-hydrogen) atoms. The minimum Gasteiger partial charge on any atom is -0.484 e. The number of hydrogen-bond acceptors (Lipinski definition) is 5. The number of likely N-dealkylation sites (N-methyl/N-ethyl adjacent to an activating group) is 1. The van der Waals surface area contributed by atoms with Gasteiger partial charge in [0, 0.05) is 24.2 Å². The van der Waals surface area contributed by atoms with E-state index in [9.17, 15) is 22.8 Å². The van der Waals surface area contributed by atoms with Crippen LogP contribution in [0.15, 0.2) is 18.2 Å². The van der Waals surface area contributed by atoms with Crippen molar-refractivity contribution >= 4 is 23.4 Å². The van der Waals surface area contributed by atoms with Crippen molar-refractivity contribution in [2.24, 2.45) is 0 Å². The van der Waals surface area contributed by atoms with E-state index in [1.807, 2.05) is 0 Å². The zero-order chi connectivity index (χ0) is 21.7. The van der Waals surface area contributed by atoms with Crippen molar-refractivity contribution in [2.75, 3.05) is 13.7 Å². The normalized spacial score (nSPS) is 32.3. The van der Waals surface area contributed by atoms with Gasteiger partial charge in [-0.1, -0.05) is 11.6 Å². The number of benzene rings is 1. The number of carbonyl (C=O) groups excluding carboxylic acids is 2. The maximum atomic E-state index is 13.4. The van der Waals surface area contributed by atoms with Gasteiger partial charge in [0.05, 0.1) is 11.1 Å². The van der Waals surface area contributed by atoms with Crippen LogP contribution in [0.1, 0.15) is 25.7 Å². The van der Waals surface area contributed by atoms with Crippen LogP contribution in [0.3, 0.4) is 0 Å². The summed E-state index contributed by atoms with van der Waals surface area (Å²) in [6.45, 7) is -0.268. The highest BCUT2D eigenvalue weighted by atomic mass is 35.5. The minimum absolute atomic E-state index is 0.0303. The Morgan fingerprint density at radius 3 is 2.57 bits per heavy atom. The van der Waals surface area contributed by atoms with Gasteiger partial charge < -0.3 is 15.4 Å². The molecular formula is C19H22ClF3N4O3. The molecule has 3 N–H and O–H groups in total. The molecule has 1 aliphatic heterocycles. The Morgan fingerprint density at radius 1 is 1.30 bits per heavy atom. The first-order valence-electron chi connectivity index (χ1n) is 9.58. The Labute approximate surface area is 176 Å². The van der Waals surface area contributed by atoms with E-state index in [2.05, 4.69) is 16.1 Å². The van der Waals surface area contributed by atoms with Gasteiger partial charge in [0.25, 0.3) is 12.3 Å². The molecule has 3 aliphatic carbocycles. The molecule has 0 radical (unpaired) electrons. The smallest absolute Gasteiger partial charge is 0.258 e. The number of carbonyl (C=O) groups is 2. The summed E-state index contributed by atoms with van der Waals surface area (Å²) in [5.41, 5.74) is 1.83. The molecule has 11 heteroatoms. The first-order valence-corrected chi connectivity index (χ1v) is 9.96. The number of hydrogen-bond donors (Lipinski definition) is 3. The molecule has 2 bridgehead atoms. The van der Waals surface area contributed by atoms with E-state index in [1.165, 1.54) is 17.1 Å². The van der Waals surface area contributed by atoms with E-state index < -0.39 is 29.9 Å². The minimum atomic E-state index is -2.54. The van der Waals surface area contributed by atoms with Crippen molar-refractivity contribution in [3.8, 4) is 5.75 Å². The summed E-state index contributed by atoms with van der Waals surface area (Å²) < 4.78 is 44.4. The van der Waals surface area contributed by atoms with E-state index in [-0.39, 0.29) is 41.2 Å². The van der Waals surface area contributed by atoms with Gasteiger partial charge in [-0.3, -0.25) is 9.59 Å². The van der Waals surface area contributed by atoms with Crippen LogP contribution in [0, 0.1) is 5.82 Å². The summed E-state index contributed by atoms with van der Waals surface area (Å²) in [5.74, 6) is -1.07. The molecular weight excluding hydrogens is 425 g/mol. The standard InChI is InChI=1S/C19H22ClF3N4O3/c1-27-14(5-13(26-27)16(22)23)17(29)25-19-7-18(8-19,9-19)24-15(28)6-30-10-2-3-11(20)12(21)4-10/h2-4,13-14,16,26H,5-9H2,1H3,(H,24,28)(H,25,29). The number of halogens is 4. The summed E-state index contributed by atoms with van der Waals surface area (Å²) in [4.78, 5) is 24.7. The number of hydrazine groups is 1. The first kappa shape index (κ1) is 21.2. The fourth-order valence-electron chi connectivity index (χ4n) is 4.69. The van der Waals surface area contributed by atoms with Crippen molar-refractivity contribution in [3.05, 3.63) is 29.0 Å². The van der Waals surface area contributed by atoms with Gasteiger partial charge in [0.1, 0.15) is 17.6 Å². The molecule has 0 spiro atoms. The van der Waals surface area contributed by atoms with Crippen LogP contribution in [0.25, 0.3) is 0 Å². The van der Waals surface area contributed by atoms with E-state index >= 15 is 0 Å². The summed E-state index contributed by atoms with van der Waals surface area (Å²) in [6.07, 6.45) is -0.759. The summed E-state index contributed by atoms with van der Waals surface area (Å²) in [5, 5.41) is 7.24. The Bertz CT molecular complexity index is 852. The Kier molecular flexibility index (Phi) is 5.36. The molecule has 1 aromatic rings. The molecule has 4 fully saturated rings. The quantitative estimate of drug-likeness (QED) is 0.593. The van der Waals surface area contributed by atoms with Gasteiger partial charge in [-0.15, -0.1) is 0 Å². The van der Waals surface area contributed by atoms with Gasteiger partial charge in [-0.2, -0.15) is 0 Å². The van der Waals surface area contributed by atoms with E-state index in [0.717, 1.165) is 6.07 Å². The number of ether oxygens (including phenoxy) is 1. The van der Waals surface area contributed by atoms with Crippen molar-refractivity contribution in [2.45, 2.75) is 55.3 Å². The Morgan fingerprint density at radius 2 is 1.97 bits per heavy atom. The number of nitrogens with one attached hydrogen (secondary N) is 3. The van der Waals surface area contributed by atoms with Crippen LogP contribution in [0.2, 0.25) is 5.02 Å². The molecule has 1 heterocycles. The monoisotopic (exact) mass is 446 g/mol. The summed E-state index contributed by atoms with van der Waals surface area (Å²) in [7, 11) is 1.57. The maximum Gasteiger partial charge on any atom is 0.258 e. The fraction of sp³-hybridized carbons (Fsp3) is 0.579. The lowest BCUT2D eigenvalue weighted by atomic mass is 9.44. The van der Waals surface area contributed by atoms with Crippen LogP contribution in [-0.4, -0.2) is 60.1 Å². The third kappa shape index (κ3) is 3.95. The zero-order valence-electron chi connectivity index (χ0n) is 16.2. The third-order valence-corrected chi connectivity index (χ3v) is 6.31. The predicted molar refractivity (Wildman–Crippen MR) is 102 cm³/mol. The largest absolute Gasteiger partial charge is 0.484 e. The number of nitrogens with zero attached hydrogens (tertiary/aromatic N) is 1. The molecule has 4 aliphatic rings. The average molecular weight is 447 g/mol. The van der Waals surface area contributed by atoms with Crippen LogP contribution >= 0.6 is 11.6 Å². The van der Waals surface area contributed by atoms with E-state index in [0.29, 0.717) is 19.3 Å².